The average Bonchev–Trinajstić information content (AvgIpc) is 2.82. The molecular formula is C12H12Cl2N2O2S2. The lowest BCUT2D eigenvalue weighted by molar-refractivity contribution is 0.600. The van der Waals surface area contributed by atoms with E-state index in [4.69, 9.17) is 23.2 Å². The second-order valence-electron chi connectivity index (χ2n) is 3.97. The summed E-state index contributed by atoms with van der Waals surface area (Å²) in [6.45, 7) is 0.488. The third-order valence-corrected chi connectivity index (χ3v) is 5.55. The first kappa shape index (κ1) is 15.6. The molecule has 0 aliphatic carbocycles. The Morgan fingerprint density at radius 3 is 2.65 bits per heavy atom. The molecule has 0 unspecified atom stereocenters. The summed E-state index contributed by atoms with van der Waals surface area (Å²) in [5.74, 6) is 0. The van der Waals surface area contributed by atoms with Crippen molar-refractivity contribution in [2.75, 3.05) is 11.8 Å². The number of hydrogen-bond acceptors (Lipinski definition) is 4. The maximum Gasteiger partial charge on any atom is 0.263 e. The normalized spacial score (nSPS) is 11.6. The number of benzene rings is 1. The molecule has 20 heavy (non-hydrogen) atoms. The standard InChI is InChI=1S/C12H12Cl2N2O2S2/c1-15-7-11-12(4-5-19-11)20(17,18)16-10-3-2-8(13)6-9(10)14/h2-6,15-16H,7H2,1H3. The monoisotopic (exact) mass is 350 g/mol. The highest BCUT2D eigenvalue weighted by atomic mass is 35.5. The van der Waals surface area contributed by atoms with Gasteiger partial charge in [-0.2, -0.15) is 0 Å². The van der Waals surface area contributed by atoms with E-state index in [0.29, 0.717) is 17.3 Å². The van der Waals surface area contributed by atoms with Gasteiger partial charge in [0, 0.05) is 16.4 Å². The minimum atomic E-state index is -3.67. The third-order valence-electron chi connectivity index (χ3n) is 2.51. The zero-order chi connectivity index (χ0) is 14.8. The van der Waals surface area contributed by atoms with Gasteiger partial charge in [0.15, 0.2) is 0 Å². The van der Waals surface area contributed by atoms with Gasteiger partial charge in [0.1, 0.15) is 4.90 Å². The summed E-state index contributed by atoms with van der Waals surface area (Å²) in [4.78, 5) is 0.993. The zero-order valence-corrected chi connectivity index (χ0v) is 13.6. The van der Waals surface area contributed by atoms with Gasteiger partial charge in [0.05, 0.1) is 10.7 Å². The molecular weight excluding hydrogens is 339 g/mol. The Labute approximate surface area is 131 Å². The predicted octanol–water partition coefficient (Wildman–Crippen LogP) is 3.58. The molecule has 0 saturated heterocycles. The molecule has 0 amide bonds. The number of rotatable bonds is 5. The SMILES string of the molecule is CNCc1sccc1S(=O)(=O)Nc1ccc(Cl)cc1Cl. The Balaban J connectivity index is 2.33. The molecule has 4 nitrogen and oxygen atoms in total. The van der Waals surface area contributed by atoms with Crippen LogP contribution >= 0.6 is 34.5 Å². The van der Waals surface area contributed by atoms with Gasteiger partial charge in [-0.25, -0.2) is 8.42 Å². The highest BCUT2D eigenvalue weighted by Crippen LogP contribution is 2.29. The summed E-state index contributed by atoms with van der Waals surface area (Å²) < 4.78 is 27.2. The summed E-state index contributed by atoms with van der Waals surface area (Å²) in [6.07, 6.45) is 0. The number of halogens is 2. The number of hydrogen-bond donors (Lipinski definition) is 2. The fourth-order valence-electron chi connectivity index (χ4n) is 1.63. The van der Waals surface area contributed by atoms with Crippen LogP contribution in [0.5, 0.6) is 0 Å². The van der Waals surface area contributed by atoms with E-state index >= 15 is 0 Å². The largest absolute Gasteiger partial charge is 0.315 e. The van der Waals surface area contributed by atoms with Crippen LogP contribution in [0.3, 0.4) is 0 Å². The fraction of sp³-hybridized carbons (Fsp3) is 0.167. The number of sulfonamides is 1. The maximum atomic E-state index is 12.4. The summed E-state index contributed by atoms with van der Waals surface area (Å²) in [5.41, 5.74) is 0.303. The van der Waals surface area contributed by atoms with Crippen LogP contribution in [0.15, 0.2) is 34.5 Å². The molecule has 0 fully saturated rings. The van der Waals surface area contributed by atoms with Gasteiger partial charge < -0.3 is 5.32 Å². The molecule has 2 rings (SSSR count). The Kier molecular flexibility index (Phi) is 4.93. The number of nitrogens with one attached hydrogen (secondary N) is 2. The van der Waals surface area contributed by atoms with Gasteiger partial charge in [0.2, 0.25) is 0 Å². The van der Waals surface area contributed by atoms with E-state index in [1.165, 1.54) is 23.5 Å². The van der Waals surface area contributed by atoms with Crippen LogP contribution < -0.4 is 10.0 Å². The Morgan fingerprint density at radius 2 is 2.00 bits per heavy atom. The maximum absolute atomic E-state index is 12.4. The van der Waals surface area contributed by atoms with Gasteiger partial charge >= 0.3 is 0 Å². The van der Waals surface area contributed by atoms with Gasteiger partial charge in [-0.1, -0.05) is 23.2 Å². The van der Waals surface area contributed by atoms with Crippen LogP contribution in [0.25, 0.3) is 0 Å². The molecule has 0 atom stereocenters. The van der Waals surface area contributed by atoms with Crippen LogP contribution in [0, 0.1) is 0 Å². The predicted molar refractivity (Wildman–Crippen MR) is 84.4 cm³/mol. The molecule has 0 aliphatic heterocycles. The lowest BCUT2D eigenvalue weighted by Gasteiger charge is -2.10. The molecule has 0 radical (unpaired) electrons. The summed E-state index contributed by atoms with van der Waals surface area (Å²) in [5, 5.41) is 5.39. The second kappa shape index (κ2) is 6.32. The van der Waals surface area contributed by atoms with Crippen molar-refractivity contribution < 1.29 is 8.42 Å². The van der Waals surface area contributed by atoms with E-state index in [-0.39, 0.29) is 9.92 Å². The summed E-state index contributed by atoms with van der Waals surface area (Å²) >= 11 is 13.1. The number of thiophene rings is 1. The van der Waals surface area contributed by atoms with Crippen molar-refractivity contribution in [3.8, 4) is 0 Å². The van der Waals surface area contributed by atoms with Crippen molar-refractivity contribution in [1.29, 1.82) is 0 Å². The Morgan fingerprint density at radius 1 is 1.25 bits per heavy atom. The van der Waals surface area contributed by atoms with Crippen molar-refractivity contribution in [1.82, 2.24) is 5.32 Å². The summed E-state index contributed by atoms with van der Waals surface area (Å²) in [7, 11) is -1.90. The van der Waals surface area contributed by atoms with Crippen LogP contribution in [-0.4, -0.2) is 15.5 Å². The van der Waals surface area contributed by atoms with Gasteiger partial charge in [0.25, 0.3) is 10.0 Å². The highest BCUT2D eigenvalue weighted by Gasteiger charge is 2.20. The van der Waals surface area contributed by atoms with Crippen LogP contribution in [0.2, 0.25) is 10.0 Å². The average molecular weight is 351 g/mol. The van der Waals surface area contributed by atoms with E-state index in [1.54, 1.807) is 24.6 Å². The van der Waals surface area contributed by atoms with Crippen LogP contribution in [0.1, 0.15) is 4.88 Å². The molecule has 1 aromatic heterocycles. The van der Waals surface area contributed by atoms with Gasteiger partial charge in [-0.3, -0.25) is 4.72 Å². The van der Waals surface area contributed by atoms with Crippen molar-refractivity contribution in [2.24, 2.45) is 0 Å². The molecule has 2 N–H and O–H groups in total. The number of anilines is 1. The van der Waals surface area contributed by atoms with E-state index < -0.39 is 10.0 Å². The van der Waals surface area contributed by atoms with Crippen molar-refractivity contribution in [3.63, 3.8) is 0 Å². The third kappa shape index (κ3) is 3.45. The topological polar surface area (TPSA) is 58.2 Å². The molecule has 8 heteroatoms. The van der Waals surface area contributed by atoms with Crippen molar-refractivity contribution in [2.45, 2.75) is 11.4 Å². The molecule has 0 spiro atoms. The van der Waals surface area contributed by atoms with E-state index in [9.17, 15) is 8.42 Å². The highest BCUT2D eigenvalue weighted by molar-refractivity contribution is 7.93. The molecule has 2 aromatic rings. The molecule has 1 aromatic carbocycles. The molecule has 1 heterocycles. The molecule has 0 saturated carbocycles. The van der Waals surface area contributed by atoms with E-state index in [1.807, 2.05) is 0 Å². The van der Waals surface area contributed by atoms with Gasteiger partial charge in [-0.05, 0) is 36.7 Å². The van der Waals surface area contributed by atoms with Gasteiger partial charge in [-0.15, -0.1) is 11.3 Å². The van der Waals surface area contributed by atoms with Crippen LogP contribution in [-0.2, 0) is 16.6 Å². The van der Waals surface area contributed by atoms with Crippen LogP contribution in [0.4, 0.5) is 5.69 Å². The Bertz CT molecular complexity index is 714. The molecule has 108 valence electrons. The van der Waals surface area contributed by atoms with E-state index in [0.717, 1.165) is 4.88 Å². The minimum Gasteiger partial charge on any atom is -0.315 e. The lowest BCUT2D eigenvalue weighted by atomic mass is 10.3. The van der Waals surface area contributed by atoms with Crippen molar-refractivity contribution >= 4 is 50.2 Å². The smallest absolute Gasteiger partial charge is 0.263 e. The van der Waals surface area contributed by atoms with Crippen molar-refractivity contribution in [3.05, 3.63) is 44.6 Å². The second-order valence-corrected chi connectivity index (χ2v) is 7.46. The van der Waals surface area contributed by atoms with E-state index in [2.05, 4.69) is 10.0 Å². The Hall–Kier alpha value is -0.790. The fourth-order valence-corrected chi connectivity index (χ4v) is 4.68. The first-order valence-electron chi connectivity index (χ1n) is 5.63. The molecule has 0 bridgehead atoms. The quantitative estimate of drug-likeness (QED) is 0.866. The first-order chi connectivity index (χ1) is 9.44. The minimum absolute atomic E-state index is 0.253. The lowest BCUT2D eigenvalue weighted by Crippen LogP contribution is -2.15. The zero-order valence-electron chi connectivity index (χ0n) is 10.5. The molecule has 0 aliphatic rings. The first-order valence-corrected chi connectivity index (χ1v) is 8.75. The summed E-state index contributed by atoms with van der Waals surface area (Å²) in [6, 6.07) is 6.17.